The van der Waals surface area contributed by atoms with E-state index in [0.717, 1.165) is 17.9 Å². The Labute approximate surface area is 90.4 Å². The van der Waals surface area contributed by atoms with E-state index in [4.69, 9.17) is 4.42 Å². The monoisotopic (exact) mass is 216 g/mol. The van der Waals surface area contributed by atoms with Crippen molar-refractivity contribution >= 4 is 22.6 Å². The Bertz CT molecular complexity index is 538. The predicted molar refractivity (Wildman–Crippen MR) is 58.9 cm³/mol. The Morgan fingerprint density at radius 2 is 2.27 bits per heavy atom. The Morgan fingerprint density at radius 1 is 1.27 bits per heavy atom. The normalized spacial score (nSPS) is 10.9. The van der Waals surface area contributed by atoms with Crippen molar-refractivity contribution in [3.63, 3.8) is 0 Å². The van der Waals surface area contributed by atoms with Crippen molar-refractivity contribution in [2.45, 2.75) is 6.42 Å². The highest BCUT2D eigenvalue weighted by Crippen LogP contribution is 2.17. The largest absolute Gasteiger partial charge is 0.439 e. The summed E-state index contributed by atoms with van der Waals surface area (Å²) >= 11 is 1.71. The average molecular weight is 216 g/mol. The first kappa shape index (κ1) is 8.61. The number of hydrogen-bond donors (Lipinski definition) is 0. The van der Waals surface area contributed by atoms with Crippen molar-refractivity contribution in [3.8, 4) is 0 Å². The molecule has 0 saturated carbocycles. The van der Waals surface area contributed by atoms with E-state index >= 15 is 0 Å². The van der Waals surface area contributed by atoms with Crippen LogP contribution in [-0.4, -0.2) is 9.97 Å². The van der Waals surface area contributed by atoms with Crippen LogP contribution < -0.4 is 0 Å². The first-order chi connectivity index (χ1) is 7.42. The fourth-order valence-corrected chi connectivity index (χ4v) is 2.15. The standard InChI is InChI=1S/C11H8N2OS/c1-4-9-11(12-5-1)13-10(14-9)7-8-3-2-6-15-8/h1-6H,7H2. The molecule has 0 N–H and O–H groups in total. The number of nitrogens with zero attached hydrogens (tertiary/aromatic N) is 2. The summed E-state index contributed by atoms with van der Waals surface area (Å²) in [5, 5.41) is 2.05. The van der Waals surface area contributed by atoms with Crippen molar-refractivity contribution in [1.82, 2.24) is 9.97 Å². The molecule has 4 heteroatoms. The molecule has 0 spiro atoms. The number of rotatable bonds is 2. The zero-order chi connectivity index (χ0) is 10.1. The second kappa shape index (κ2) is 3.47. The van der Waals surface area contributed by atoms with E-state index in [-0.39, 0.29) is 0 Å². The van der Waals surface area contributed by atoms with Gasteiger partial charge in [0.2, 0.25) is 5.89 Å². The Balaban J connectivity index is 1.98. The molecule has 0 saturated heterocycles. The maximum Gasteiger partial charge on any atom is 0.202 e. The second-order valence-electron chi connectivity index (χ2n) is 3.19. The molecule has 3 nitrogen and oxygen atoms in total. The highest BCUT2D eigenvalue weighted by atomic mass is 32.1. The molecule has 0 fully saturated rings. The third kappa shape index (κ3) is 1.64. The Morgan fingerprint density at radius 3 is 3.07 bits per heavy atom. The van der Waals surface area contributed by atoms with Crippen LogP contribution in [0.4, 0.5) is 0 Å². The summed E-state index contributed by atoms with van der Waals surface area (Å²) in [4.78, 5) is 9.70. The van der Waals surface area contributed by atoms with E-state index in [2.05, 4.69) is 21.4 Å². The third-order valence-electron chi connectivity index (χ3n) is 2.11. The summed E-state index contributed by atoms with van der Waals surface area (Å²) < 4.78 is 5.57. The van der Waals surface area contributed by atoms with Crippen molar-refractivity contribution in [2.75, 3.05) is 0 Å². The van der Waals surface area contributed by atoms with Crippen molar-refractivity contribution in [1.29, 1.82) is 0 Å². The van der Waals surface area contributed by atoms with Gasteiger partial charge in [0.25, 0.3) is 0 Å². The molecule has 15 heavy (non-hydrogen) atoms. The van der Waals surface area contributed by atoms with E-state index in [1.807, 2.05) is 18.2 Å². The van der Waals surface area contributed by atoms with Gasteiger partial charge in [0.1, 0.15) is 0 Å². The smallest absolute Gasteiger partial charge is 0.202 e. The molecule has 0 radical (unpaired) electrons. The van der Waals surface area contributed by atoms with Crippen LogP contribution >= 0.6 is 11.3 Å². The summed E-state index contributed by atoms with van der Waals surface area (Å²) in [6.07, 6.45) is 2.47. The zero-order valence-corrected chi connectivity index (χ0v) is 8.70. The van der Waals surface area contributed by atoms with Gasteiger partial charge in [-0.15, -0.1) is 11.3 Å². The summed E-state index contributed by atoms with van der Waals surface area (Å²) in [7, 11) is 0. The van der Waals surface area contributed by atoms with Crippen molar-refractivity contribution in [2.24, 2.45) is 0 Å². The van der Waals surface area contributed by atoms with Crippen LogP contribution in [0.25, 0.3) is 11.2 Å². The molecule has 0 amide bonds. The van der Waals surface area contributed by atoms with Crippen LogP contribution in [0.3, 0.4) is 0 Å². The van der Waals surface area contributed by atoms with Gasteiger partial charge in [0.15, 0.2) is 11.2 Å². The van der Waals surface area contributed by atoms with Gasteiger partial charge in [-0.3, -0.25) is 0 Å². The minimum absolute atomic E-state index is 0.684. The maximum atomic E-state index is 5.57. The summed E-state index contributed by atoms with van der Waals surface area (Å²) in [6, 6.07) is 7.84. The number of thiophene rings is 1. The van der Waals surface area contributed by atoms with Crippen LogP contribution in [0.1, 0.15) is 10.8 Å². The van der Waals surface area contributed by atoms with Crippen LogP contribution in [0, 0.1) is 0 Å². The Hall–Kier alpha value is -1.68. The molecule has 0 aliphatic carbocycles. The van der Waals surface area contributed by atoms with Crippen molar-refractivity contribution < 1.29 is 4.42 Å². The first-order valence-electron chi connectivity index (χ1n) is 4.64. The molecular weight excluding hydrogens is 208 g/mol. The molecule has 0 aliphatic heterocycles. The minimum atomic E-state index is 0.684. The fourth-order valence-electron chi connectivity index (χ4n) is 1.45. The zero-order valence-electron chi connectivity index (χ0n) is 7.88. The van der Waals surface area contributed by atoms with Crippen molar-refractivity contribution in [3.05, 3.63) is 46.6 Å². The quantitative estimate of drug-likeness (QED) is 0.661. The molecule has 0 aliphatic rings. The van der Waals surface area contributed by atoms with E-state index in [1.54, 1.807) is 17.5 Å². The molecule has 3 heterocycles. The summed E-state index contributed by atoms with van der Waals surface area (Å²) in [5.74, 6) is 0.728. The van der Waals surface area contributed by atoms with Gasteiger partial charge >= 0.3 is 0 Å². The van der Waals surface area contributed by atoms with Gasteiger partial charge in [-0.2, -0.15) is 4.98 Å². The van der Waals surface area contributed by atoms with Crippen LogP contribution in [-0.2, 0) is 6.42 Å². The number of fused-ring (bicyclic) bond motifs is 1. The number of pyridine rings is 1. The third-order valence-corrected chi connectivity index (χ3v) is 2.99. The molecular formula is C11H8N2OS. The molecule has 0 bridgehead atoms. The lowest BCUT2D eigenvalue weighted by atomic mass is 10.3. The average Bonchev–Trinajstić information content (AvgIpc) is 2.86. The summed E-state index contributed by atoms with van der Waals surface area (Å²) in [5.41, 5.74) is 1.44. The highest BCUT2D eigenvalue weighted by Gasteiger charge is 2.06. The lowest BCUT2D eigenvalue weighted by molar-refractivity contribution is 0.545. The van der Waals surface area contributed by atoms with Crippen LogP contribution in [0.2, 0.25) is 0 Å². The van der Waals surface area contributed by atoms with Gasteiger partial charge in [0.05, 0.1) is 6.42 Å². The predicted octanol–water partition coefficient (Wildman–Crippen LogP) is 2.88. The van der Waals surface area contributed by atoms with E-state index in [0.29, 0.717) is 5.65 Å². The second-order valence-corrected chi connectivity index (χ2v) is 4.22. The summed E-state index contributed by atoms with van der Waals surface area (Å²) in [6.45, 7) is 0. The highest BCUT2D eigenvalue weighted by molar-refractivity contribution is 7.09. The van der Waals surface area contributed by atoms with E-state index in [9.17, 15) is 0 Å². The van der Waals surface area contributed by atoms with E-state index in [1.165, 1.54) is 4.88 Å². The molecule has 0 aromatic carbocycles. The van der Waals surface area contributed by atoms with Gasteiger partial charge in [-0.1, -0.05) is 6.07 Å². The molecule has 3 aromatic heterocycles. The molecule has 3 aromatic rings. The number of aromatic nitrogens is 2. The molecule has 74 valence electrons. The van der Waals surface area contributed by atoms with Gasteiger partial charge < -0.3 is 4.42 Å². The minimum Gasteiger partial charge on any atom is -0.439 e. The maximum absolute atomic E-state index is 5.57. The fraction of sp³-hybridized carbons (Fsp3) is 0.0909. The molecule has 0 atom stereocenters. The van der Waals surface area contributed by atoms with E-state index < -0.39 is 0 Å². The van der Waals surface area contributed by atoms with Crippen LogP contribution in [0.5, 0.6) is 0 Å². The first-order valence-corrected chi connectivity index (χ1v) is 5.52. The molecule has 0 unspecified atom stereocenters. The van der Waals surface area contributed by atoms with Gasteiger partial charge in [-0.05, 0) is 23.6 Å². The number of oxazole rings is 1. The lowest BCUT2D eigenvalue weighted by Gasteiger charge is -1.88. The topological polar surface area (TPSA) is 38.9 Å². The molecule has 3 rings (SSSR count). The van der Waals surface area contributed by atoms with Gasteiger partial charge in [-0.25, -0.2) is 4.98 Å². The lowest BCUT2D eigenvalue weighted by Crippen LogP contribution is -1.83. The number of hydrogen-bond acceptors (Lipinski definition) is 4. The Kier molecular flexibility index (Phi) is 1.99. The van der Waals surface area contributed by atoms with Crippen LogP contribution in [0.15, 0.2) is 40.3 Å². The van der Waals surface area contributed by atoms with Gasteiger partial charge in [0, 0.05) is 11.1 Å². The SMILES string of the molecule is c1csc(Cc2nc3ncccc3o2)c1.